The minimum Gasteiger partial charge on any atom is -0.497 e. The highest BCUT2D eigenvalue weighted by Gasteiger charge is 2.28. The zero-order chi connectivity index (χ0) is 25.9. The molecule has 2 aromatic heterocycles. The topological polar surface area (TPSA) is 167 Å². The van der Waals surface area contributed by atoms with E-state index >= 15 is 0 Å². The summed E-state index contributed by atoms with van der Waals surface area (Å²) >= 11 is 0. The number of nitrogens with two attached hydrogens (primary N) is 1. The van der Waals surface area contributed by atoms with Crippen molar-refractivity contribution < 1.29 is 19.0 Å². The number of aromatic nitrogens is 5. The SMILES string of the molecule is COc1ccc2c(c1)CC(C=NNC(=O)c1nnn(-c3nonc3N)c1CN1CCCCC1C)CC2=O. The van der Waals surface area contributed by atoms with Gasteiger partial charge in [-0.3, -0.25) is 14.5 Å². The lowest BCUT2D eigenvalue weighted by molar-refractivity contribution is 0.0944. The summed E-state index contributed by atoms with van der Waals surface area (Å²) in [6, 6.07) is 5.77. The molecule has 0 spiro atoms. The number of nitrogens with one attached hydrogen (secondary N) is 1. The molecule has 3 aromatic rings. The fourth-order valence-electron chi connectivity index (χ4n) is 4.91. The minimum absolute atomic E-state index is 0.0337. The summed E-state index contributed by atoms with van der Waals surface area (Å²) in [5.41, 5.74) is 10.6. The summed E-state index contributed by atoms with van der Waals surface area (Å²) in [4.78, 5) is 27.9. The Bertz CT molecular complexity index is 1330. The van der Waals surface area contributed by atoms with Gasteiger partial charge < -0.3 is 10.5 Å². The van der Waals surface area contributed by atoms with Crippen LogP contribution in [0.3, 0.4) is 0 Å². The standard InChI is InChI=1S/C24H29N9O4/c1-14-5-3-4-8-32(14)13-19-21(27-31-33(19)23-22(25)29-37-30-23)24(35)28-26-12-15-9-16-11-17(36-2)6-7-18(16)20(34)10-15/h6-7,11-12,14-15H,3-5,8-10,13H2,1-2H3,(H2,25,29)(H,28,35). The van der Waals surface area contributed by atoms with Gasteiger partial charge in [0.2, 0.25) is 11.6 Å². The van der Waals surface area contributed by atoms with Crippen LogP contribution in [0.25, 0.3) is 5.82 Å². The Morgan fingerprint density at radius 2 is 2.19 bits per heavy atom. The number of hydrazone groups is 1. The molecule has 2 atom stereocenters. The number of methoxy groups -OCH3 is 1. The number of hydrogen-bond acceptors (Lipinski definition) is 11. The Kier molecular flexibility index (Phi) is 6.95. The first-order valence-corrected chi connectivity index (χ1v) is 12.2. The first-order valence-electron chi connectivity index (χ1n) is 12.2. The first kappa shape index (κ1) is 24.6. The molecule has 194 valence electrons. The second-order valence-electron chi connectivity index (χ2n) is 9.42. The molecule has 0 bridgehead atoms. The van der Waals surface area contributed by atoms with Gasteiger partial charge in [0.25, 0.3) is 5.91 Å². The fourth-order valence-corrected chi connectivity index (χ4v) is 4.91. The van der Waals surface area contributed by atoms with Crippen molar-refractivity contribution in [1.82, 2.24) is 35.6 Å². The van der Waals surface area contributed by atoms with Crippen LogP contribution in [0.1, 0.15) is 64.7 Å². The van der Waals surface area contributed by atoms with Gasteiger partial charge in [0.1, 0.15) is 5.75 Å². The van der Waals surface area contributed by atoms with Crippen LogP contribution in [0.4, 0.5) is 5.82 Å². The van der Waals surface area contributed by atoms with Crippen molar-refractivity contribution in [2.75, 3.05) is 19.4 Å². The molecule has 3 heterocycles. The van der Waals surface area contributed by atoms with E-state index in [2.05, 4.69) is 43.0 Å². The smallest absolute Gasteiger partial charge is 0.293 e. The van der Waals surface area contributed by atoms with Gasteiger partial charge in [0.05, 0.1) is 12.8 Å². The highest BCUT2D eigenvalue weighted by Crippen LogP contribution is 2.28. The molecule has 3 N–H and O–H groups in total. The summed E-state index contributed by atoms with van der Waals surface area (Å²) in [6.45, 7) is 3.46. The van der Waals surface area contributed by atoms with Gasteiger partial charge in [-0.25, -0.2) is 10.1 Å². The number of ether oxygens (including phenoxy) is 1. The maximum Gasteiger partial charge on any atom is 0.293 e. The lowest BCUT2D eigenvalue weighted by Gasteiger charge is -2.33. The Labute approximate surface area is 213 Å². The number of benzene rings is 1. The average molecular weight is 508 g/mol. The molecule has 0 radical (unpaired) electrons. The van der Waals surface area contributed by atoms with Crippen molar-refractivity contribution in [2.24, 2.45) is 11.0 Å². The Balaban J connectivity index is 1.33. The van der Waals surface area contributed by atoms with E-state index in [1.807, 2.05) is 6.07 Å². The monoisotopic (exact) mass is 507 g/mol. The van der Waals surface area contributed by atoms with Crippen LogP contribution in [0.15, 0.2) is 27.9 Å². The largest absolute Gasteiger partial charge is 0.497 e. The van der Waals surface area contributed by atoms with Gasteiger partial charge >= 0.3 is 0 Å². The number of likely N-dealkylation sites (tertiary alicyclic amines) is 1. The molecule has 13 heteroatoms. The number of Topliss-reactive ketones (excluding diaryl/α,β-unsaturated/α-hetero) is 1. The third-order valence-corrected chi connectivity index (χ3v) is 6.96. The third kappa shape index (κ3) is 5.07. The van der Waals surface area contributed by atoms with Crippen molar-refractivity contribution >= 4 is 23.7 Å². The number of carbonyl (C=O) groups is 2. The van der Waals surface area contributed by atoms with E-state index in [1.54, 1.807) is 25.5 Å². The van der Waals surface area contributed by atoms with Crippen LogP contribution in [0.2, 0.25) is 0 Å². The number of anilines is 1. The second kappa shape index (κ2) is 10.5. The molecule has 13 nitrogen and oxygen atoms in total. The van der Waals surface area contributed by atoms with E-state index in [0.29, 0.717) is 42.4 Å². The number of hydrogen-bond donors (Lipinski definition) is 2. The number of nitrogen functional groups attached to an aromatic ring is 1. The number of nitrogens with zero attached hydrogens (tertiary/aromatic N) is 7. The van der Waals surface area contributed by atoms with Gasteiger partial charge in [-0.2, -0.15) is 9.78 Å². The number of ketones is 1. The summed E-state index contributed by atoms with van der Waals surface area (Å²) in [7, 11) is 1.59. The normalized spacial score (nSPS) is 20.2. The van der Waals surface area contributed by atoms with Crippen molar-refractivity contribution in [3.63, 3.8) is 0 Å². The van der Waals surface area contributed by atoms with Gasteiger partial charge in [-0.1, -0.05) is 11.6 Å². The highest BCUT2D eigenvalue weighted by molar-refractivity contribution is 6.00. The molecule has 5 rings (SSSR count). The Morgan fingerprint density at radius 1 is 1.32 bits per heavy atom. The van der Waals surface area contributed by atoms with E-state index in [4.69, 9.17) is 15.1 Å². The van der Waals surface area contributed by atoms with Crippen LogP contribution in [-0.2, 0) is 13.0 Å². The van der Waals surface area contributed by atoms with E-state index in [9.17, 15) is 9.59 Å². The molecule has 1 aromatic carbocycles. The maximum atomic E-state index is 13.1. The zero-order valence-electron chi connectivity index (χ0n) is 20.8. The van der Waals surface area contributed by atoms with Crippen LogP contribution in [0.5, 0.6) is 5.75 Å². The molecular formula is C24H29N9O4. The number of carbonyl (C=O) groups excluding carboxylic acids is 2. The minimum atomic E-state index is -0.526. The lowest BCUT2D eigenvalue weighted by atomic mass is 9.83. The van der Waals surface area contributed by atoms with Crippen molar-refractivity contribution in [2.45, 2.75) is 51.6 Å². The predicted octanol–water partition coefficient (Wildman–Crippen LogP) is 1.78. The van der Waals surface area contributed by atoms with Crippen LogP contribution >= 0.6 is 0 Å². The van der Waals surface area contributed by atoms with E-state index < -0.39 is 5.91 Å². The number of fused-ring (bicyclic) bond motifs is 1. The molecule has 2 aliphatic rings. The second-order valence-corrected chi connectivity index (χ2v) is 9.42. The molecule has 37 heavy (non-hydrogen) atoms. The summed E-state index contributed by atoms with van der Waals surface area (Å²) in [6.07, 6.45) is 5.82. The van der Waals surface area contributed by atoms with E-state index in [1.165, 1.54) is 4.68 Å². The van der Waals surface area contributed by atoms with Crippen molar-refractivity contribution in [3.05, 3.63) is 40.7 Å². The van der Waals surface area contributed by atoms with Gasteiger partial charge in [-0.15, -0.1) is 5.10 Å². The molecule has 1 aliphatic heterocycles. The Hall–Kier alpha value is -4.13. The molecule has 1 aliphatic carbocycles. The lowest BCUT2D eigenvalue weighted by Crippen LogP contribution is -2.38. The van der Waals surface area contributed by atoms with Crippen LogP contribution in [-0.4, -0.2) is 67.8 Å². The molecule has 0 saturated carbocycles. The summed E-state index contributed by atoms with van der Waals surface area (Å²) in [5.74, 6) is 0.260. The van der Waals surface area contributed by atoms with Gasteiger partial charge in [0, 0.05) is 36.7 Å². The summed E-state index contributed by atoms with van der Waals surface area (Å²) < 4.78 is 11.4. The molecular weight excluding hydrogens is 478 g/mol. The van der Waals surface area contributed by atoms with Gasteiger partial charge in [0.15, 0.2) is 11.5 Å². The fraction of sp³-hybridized carbons (Fsp3) is 0.458. The van der Waals surface area contributed by atoms with Crippen LogP contribution in [0, 0.1) is 5.92 Å². The Morgan fingerprint density at radius 3 is 2.95 bits per heavy atom. The molecule has 1 fully saturated rings. The molecule has 1 saturated heterocycles. The average Bonchev–Trinajstić information content (AvgIpc) is 3.50. The molecule has 2 unspecified atom stereocenters. The van der Waals surface area contributed by atoms with Crippen molar-refractivity contribution in [1.29, 1.82) is 0 Å². The summed E-state index contributed by atoms with van der Waals surface area (Å²) in [5, 5.41) is 19.8. The maximum absolute atomic E-state index is 13.1. The number of piperidine rings is 1. The van der Waals surface area contributed by atoms with E-state index in [0.717, 1.165) is 31.4 Å². The number of rotatable bonds is 7. The van der Waals surface area contributed by atoms with Crippen molar-refractivity contribution in [3.8, 4) is 11.6 Å². The van der Waals surface area contributed by atoms with Gasteiger partial charge in [-0.05, 0) is 66.8 Å². The highest BCUT2D eigenvalue weighted by atomic mass is 16.6. The predicted molar refractivity (Wildman–Crippen MR) is 132 cm³/mol. The van der Waals surface area contributed by atoms with Crippen LogP contribution < -0.4 is 15.9 Å². The third-order valence-electron chi connectivity index (χ3n) is 6.96. The molecule has 1 amide bonds. The first-order chi connectivity index (χ1) is 17.9. The number of amides is 1. The van der Waals surface area contributed by atoms with E-state index in [-0.39, 0.29) is 29.0 Å². The quantitative estimate of drug-likeness (QED) is 0.355. The zero-order valence-corrected chi connectivity index (χ0v) is 20.8.